The van der Waals surface area contributed by atoms with Gasteiger partial charge in [-0.3, -0.25) is 9.59 Å². The number of rotatable bonds is 9. The van der Waals surface area contributed by atoms with Gasteiger partial charge in [0.15, 0.2) is 0 Å². The zero-order chi connectivity index (χ0) is 14.7. The van der Waals surface area contributed by atoms with E-state index in [-0.39, 0.29) is 24.9 Å². The van der Waals surface area contributed by atoms with Gasteiger partial charge in [0.1, 0.15) is 6.54 Å². The summed E-state index contributed by atoms with van der Waals surface area (Å²) in [7, 11) is 3.07. The van der Waals surface area contributed by atoms with Crippen LogP contribution in [0.3, 0.4) is 0 Å². The van der Waals surface area contributed by atoms with Crippen LogP contribution in [0.2, 0.25) is 0 Å². The van der Waals surface area contributed by atoms with Crippen molar-refractivity contribution in [2.24, 2.45) is 0 Å². The predicted molar refractivity (Wildman–Crippen MR) is 70.8 cm³/mol. The summed E-state index contributed by atoms with van der Waals surface area (Å²) < 4.78 is 0. The van der Waals surface area contributed by atoms with E-state index in [2.05, 4.69) is 10.6 Å². The van der Waals surface area contributed by atoms with E-state index in [0.717, 1.165) is 19.3 Å². The van der Waals surface area contributed by atoms with E-state index in [1.807, 2.05) is 0 Å². The van der Waals surface area contributed by atoms with Gasteiger partial charge in [-0.05, 0) is 12.8 Å². The molecule has 3 amide bonds. The maximum Gasteiger partial charge on any atom is 0.317 e. The maximum absolute atomic E-state index is 11.5. The van der Waals surface area contributed by atoms with Crippen LogP contribution in [-0.2, 0) is 9.59 Å². The molecule has 0 aromatic rings. The van der Waals surface area contributed by atoms with Crippen LogP contribution in [0.15, 0.2) is 0 Å². The topological polar surface area (TPSA) is 98.7 Å². The lowest BCUT2D eigenvalue weighted by molar-refractivity contribution is -0.137. The van der Waals surface area contributed by atoms with Crippen LogP contribution in [-0.4, -0.2) is 55.1 Å². The molecule has 7 nitrogen and oxygen atoms in total. The van der Waals surface area contributed by atoms with Crippen LogP contribution in [0, 0.1) is 0 Å². The van der Waals surface area contributed by atoms with E-state index in [1.165, 1.54) is 11.9 Å². The van der Waals surface area contributed by atoms with Gasteiger partial charge in [-0.2, -0.15) is 0 Å². The van der Waals surface area contributed by atoms with Gasteiger partial charge in [-0.25, -0.2) is 4.79 Å². The molecule has 7 heteroatoms. The van der Waals surface area contributed by atoms with E-state index < -0.39 is 5.97 Å². The Morgan fingerprint density at radius 3 is 2.32 bits per heavy atom. The number of carboxylic acids is 1. The Kier molecular flexibility index (Phi) is 9.20. The molecule has 110 valence electrons. The third-order valence-electron chi connectivity index (χ3n) is 2.60. The summed E-state index contributed by atoms with van der Waals surface area (Å²) in [6.45, 7) is 0.560. The molecule has 0 spiro atoms. The number of hydrogen-bond acceptors (Lipinski definition) is 3. The summed E-state index contributed by atoms with van der Waals surface area (Å²) in [5, 5.41) is 13.6. The van der Waals surface area contributed by atoms with Crippen molar-refractivity contribution < 1.29 is 19.5 Å². The Morgan fingerprint density at radius 2 is 1.74 bits per heavy atom. The van der Waals surface area contributed by atoms with Crippen molar-refractivity contribution in [2.75, 3.05) is 27.2 Å². The number of aliphatic carboxylic acids is 1. The molecule has 0 rings (SSSR count). The fraction of sp³-hybridized carbons (Fsp3) is 0.750. The van der Waals surface area contributed by atoms with Crippen LogP contribution in [0.25, 0.3) is 0 Å². The molecule has 0 aliphatic carbocycles. The molecule has 0 aliphatic rings. The van der Waals surface area contributed by atoms with Gasteiger partial charge in [0.25, 0.3) is 0 Å². The second-order valence-corrected chi connectivity index (χ2v) is 4.32. The van der Waals surface area contributed by atoms with E-state index in [0.29, 0.717) is 13.0 Å². The molecule has 0 fully saturated rings. The molecule has 0 bridgehead atoms. The minimum absolute atomic E-state index is 0.0287. The van der Waals surface area contributed by atoms with Crippen LogP contribution in [0.4, 0.5) is 4.79 Å². The zero-order valence-electron chi connectivity index (χ0n) is 11.6. The van der Waals surface area contributed by atoms with Gasteiger partial charge in [0.05, 0.1) is 0 Å². The fourth-order valence-corrected chi connectivity index (χ4v) is 1.45. The first kappa shape index (κ1) is 17.2. The van der Waals surface area contributed by atoms with Crippen molar-refractivity contribution in [1.82, 2.24) is 15.5 Å². The Hall–Kier alpha value is -1.79. The molecule has 0 atom stereocenters. The first-order chi connectivity index (χ1) is 8.97. The second kappa shape index (κ2) is 10.2. The number of unbranched alkanes of at least 4 members (excludes halogenated alkanes) is 3. The van der Waals surface area contributed by atoms with Crippen molar-refractivity contribution in [2.45, 2.75) is 32.1 Å². The number of carbonyl (C=O) groups is 3. The number of carboxylic acid groups (broad SMARTS) is 1. The molecular formula is C12H23N3O4. The van der Waals surface area contributed by atoms with Gasteiger partial charge in [0.2, 0.25) is 5.91 Å². The molecule has 0 saturated carbocycles. The third kappa shape index (κ3) is 9.87. The molecule has 3 N–H and O–H groups in total. The van der Waals surface area contributed by atoms with Gasteiger partial charge in [-0.1, -0.05) is 12.8 Å². The van der Waals surface area contributed by atoms with Crippen LogP contribution < -0.4 is 10.6 Å². The Labute approximate surface area is 113 Å². The van der Waals surface area contributed by atoms with Crippen molar-refractivity contribution in [3.05, 3.63) is 0 Å². The number of nitrogens with zero attached hydrogens (tertiary/aromatic N) is 1. The highest BCUT2D eigenvalue weighted by molar-refractivity contribution is 5.83. The van der Waals surface area contributed by atoms with E-state index >= 15 is 0 Å². The van der Waals surface area contributed by atoms with Crippen molar-refractivity contribution >= 4 is 17.9 Å². The Bertz CT molecular complexity index is 307. The third-order valence-corrected chi connectivity index (χ3v) is 2.60. The molecule has 19 heavy (non-hydrogen) atoms. The molecule has 0 saturated heterocycles. The van der Waals surface area contributed by atoms with E-state index in [4.69, 9.17) is 5.11 Å². The highest BCUT2D eigenvalue weighted by Gasteiger charge is 2.10. The highest BCUT2D eigenvalue weighted by atomic mass is 16.4. The average Bonchev–Trinajstić information content (AvgIpc) is 2.36. The molecule has 0 radical (unpaired) electrons. The zero-order valence-corrected chi connectivity index (χ0v) is 11.6. The number of nitrogens with one attached hydrogen (secondary N) is 2. The van der Waals surface area contributed by atoms with Crippen LogP contribution in [0.1, 0.15) is 32.1 Å². The summed E-state index contributed by atoms with van der Waals surface area (Å²) in [5.41, 5.74) is 0. The van der Waals surface area contributed by atoms with Crippen molar-refractivity contribution in [3.63, 3.8) is 0 Å². The molecular weight excluding hydrogens is 250 g/mol. The monoisotopic (exact) mass is 273 g/mol. The normalized spacial score (nSPS) is 9.79. The van der Waals surface area contributed by atoms with Crippen LogP contribution >= 0.6 is 0 Å². The van der Waals surface area contributed by atoms with E-state index in [9.17, 15) is 14.4 Å². The summed E-state index contributed by atoms with van der Waals surface area (Å²) in [4.78, 5) is 34.2. The minimum atomic E-state index is -0.774. The van der Waals surface area contributed by atoms with Crippen LogP contribution in [0.5, 0.6) is 0 Å². The lowest BCUT2D eigenvalue weighted by Gasteiger charge is -2.16. The molecule has 0 heterocycles. The van der Waals surface area contributed by atoms with Gasteiger partial charge >= 0.3 is 12.0 Å². The van der Waals surface area contributed by atoms with Crippen molar-refractivity contribution in [1.29, 1.82) is 0 Å². The molecule has 0 aromatic carbocycles. The highest BCUT2D eigenvalue weighted by Crippen LogP contribution is 2.02. The number of amides is 3. The summed E-state index contributed by atoms with van der Waals surface area (Å²) in [5.74, 6) is -0.990. The average molecular weight is 273 g/mol. The number of likely N-dealkylation sites (N-methyl/N-ethyl adjacent to an activating group) is 2. The Morgan fingerprint density at radius 1 is 1.11 bits per heavy atom. The predicted octanol–water partition coefficient (Wildman–Crippen LogP) is 0.409. The first-order valence-corrected chi connectivity index (χ1v) is 6.38. The summed E-state index contributed by atoms with van der Waals surface area (Å²) >= 11 is 0. The minimum Gasteiger partial charge on any atom is -0.481 e. The molecule has 0 aliphatic heterocycles. The SMILES string of the molecule is CNC(=O)CN(C)C(=O)NCCCCCCC(=O)O. The quantitative estimate of drug-likeness (QED) is 0.530. The summed E-state index contributed by atoms with van der Waals surface area (Å²) in [6, 6.07) is -0.283. The molecule has 0 unspecified atom stereocenters. The summed E-state index contributed by atoms with van der Waals surface area (Å²) in [6.07, 6.45) is 3.39. The smallest absolute Gasteiger partial charge is 0.317 e. The second-order valence-electron chi connectivity index (χ2n) is 4.32. The van der Waals surface area contributed by atoms with Gasteiger partial charge in [0, 0.05) is 27.1 Å². The lowest BCUT2D eigenvalue weighted by Crippen LogP contribution is -2.42. The fourth-order valence-electron chi connectivity index (χ4n) is 1.45. The maximum atomic E-state index is 11.5. The number of carbonyl (C=O) groups excluding carboxylic acids is 2. The van der Waals surface area contributed by atoms with E-state index in [1.54, 1.807) is 7.05 Å². The van der Waals surface area contributed by atoms with Crippen molar-refractivity contribution in [3.8, 4) is 0 Å². The lowest BCUT2D eigenvalue weighted by atomic mass is 10.1. The number of hydrogen-bond donors (Lipinski definition) is 3. The first-order valence-electron chi connectivity index (χ1n) is 6.38. The standard InChI is InChI=1S/C12H23N3O4/c1-13-10(16)9-15(2)12(19)14-8-6-4-3-5-7-11(17)18/h3-9H2,1-2H3,(H,13,16)(H,14,19)(H,17,18). The Balaban J connectivity index is 3.52. The largest absolute Gasteiger partial charge is 0.481 e. The number of urea groups is 1. The molecule has 0 aromatic heterocycles. The van der Waals surface area contributed by atoms with Gasteiger partial charge in [-0.15, -0.1) is 0 Å². The van der Waals surface area contributed by atoms with Gasteiger partial charge < -0.3 is 20.6 Å².